The zero-order valence-electron chi connectivity index (χ0n) is 11.7. The molecule has 2 aliphatic rings. The molecule has 110 valence electrons. The van der Waals surface area contributed by atoms with Crippen molar-refractivity contribution in [2.75, 3.05) is 10.2 Å². The highest BCUT2D eigenvalue weighted by Crippen LogP contribution is 2.40. The molecule has 1 amide bonds. The van der Waals surface area contributed by atoms with Crippen molar-refractivity contribution < 1.29 is 14.7 Å². The van der Waals surface area contributed by atoms with Crippen molar-refractivity contribution in [1.29, 1.82) is 0 Å². The Hall–Kier alpha value is -2.34. The van der Waals surface area contributed by atoms with Gasteiger partial charge in [-0.1, -0.05) is 12.1 Å². The third kappa shape index (κ3) is 2.08. The molecule has 1 aromatic rings. The standard InChI is InChI=1S/C15H17N3O3/c1-8-9(6-7-12(19)20)15(21)18-11-5-3-2-4-10(11)17-14(18)13(8)16/h2-5,13-14,17H,6-7,16H2,1H3,(H,19,20). The van der Waals surface area contributed by atoms with E-state index in [-0.39, 0.29) is 31.0 Å². The van der Waals surface area contributed by atoms with Gasteiger partial charge in [0.05, 0.1) is 17.4 Å². The van der Waals surface area contributed by atoms with Crippen LogP contribution in [0.2, 0.25) is 0 Å². The van der Waals surface area contributed by atoms with Crippen LogP contribution in [0.15, 0.2) is 35.4 Å². The Morgan fingerprint density at radius 3 is 2.86 bits per heavy atom. The van der Waals surface area contributed by atoms with Gasteiger partial charge in [0.15, 0.2) is 0 Å². The number of benzene rings is 1. The molecule has 0 aromatic heterocycles. The van der Waals surface area contributed by atoms with E-state index in [9.17, 15) is 9.59 Å². The van der Waals surface area contributed by atoms with Gasteiger partial charge < -0.3 is 16.2 Å². The summed E-state index contributed by atoms with van der Waals surface area (Å²) in [5, 5.41) is 12.1. The summed E-state index contributed by atoms with van der Waals surface area (Å²) < 4.78 is 0. The SMILES string of the molecule is CC1=C(CCC(=O)O)C(=O)N2c3ccccc3NC2C1N. The van der Waals surface area contributed by atoms with Gasteiger partial charge in [-0.15, -0.1) is 0 Å². The van der Waals surface area contributed by atoms with Gasteiger partial charge in [0.2, 0.25) is 0 Å². The molecule has 6 heteroatoms. The van der Waals surface area contributed by atoms with E-state index in [1.807, 2.05) is 31.2 Å². The first-order valence-corrected chi connectivity index (χ1v) is 6.87. The Morgan fingerprint density at radius 1 is 1.43 bits per heavy atom. The lowest BCUT2D eigenvalue weighted by Crippen LogP contribution is -2.56. The average molecular weight is 287 g/mol. The number of carboxylic acids is 1. The minimum absolute atomic E-state index is 0.0707. The molecule has 2 atom stereocenters. The minimum Gasteiger partial charge on any atom is -0.481 e. The number of aliphatic carboxylic acids is 1. The number of hydrogen-bond donors (Lipinski definition) is 3. The number of hydrogen-bond acceptors (Lipinski definition) is 4. The number of amides is 1. The molecule has 4 N–H and O–H groups in total. The molecule has 0 saturated heterocycles. The maximum absolute atomic E-state index is 12.7. The minimum atomic E-state index is -0.918. The van der Waals surface area contributed by atoms with Crippen LogP contribution in [0, 0.1) is 0 Å². The Balaban J connectivity index is 1.98. The summed E-state index contributed by atoms with van der Waals surface area (Å²) in [5.74, 6) is -1.07. The van der Waals surface area contributed by atoms with Crippen LogP contribution in [0.4, 0.5) is 11.4 Å². The lowest BCUT2D eigenvalue weighted by Gasteiger charge is -2.36. The third-order valence-corrected chi connectivity index (χ3v) is 4.13. The van der Waals surface area contributed by atoms with Crippen LogP contribution in [-0.2, 0) is 9.59 Å². The van der Waals surface area contributed by atoms with Gasteiger partial charge in [0, 0.05) is 12.0 Å². The van der Waals surface area contributed by atoms with E-state index < -0.39 is 5.97 Å². The summed E-state index contributed by atoms with van der Waals surface area (Å²) >= 11 is 0. The topological polar surface area (TPSA) is 95.7 Å². The van der Waals surface area contributed by atoms with Crippen LogP contribution in [0.3, 0.4) is 0 Å². The Morgan fingerprint density at radius 2 is 2.14 bits per heavy atom. The number of carbonyl (C=O) groups is 2. The number of carbonyl (C=O) groups excluding carboxylic acids is 1. The molecule has 3 rings (SSSR count). The zero-order valence-corrected chi connectivity index (χ0v) is 11.7. The van der Waals surface area contributed by atoms with Gasteiger partial charge in [-0.05, 0) is 31.1 Å². The monoisotopic (exact) mass is 287 g/mol. The van der Waals surface area contributed by atoms with E-state index >= 15 is 0 Å². The van der Waals surface area contributed by atoms with E-state index in [2.05, 4.69) is 5.32 Å². The molecule has 0 fully saturated rings. The quantitative estimate of drug-likeness (QED) is 0.778. The van der Waals surface area contributed by atoms with Gasteiger partial charge in [0.1, 0.15) is 6.17 Å². The number of para-hydroxylation sites is 2. The summed E-state index contributed by atoms with van der Waals surface area (Å²) in [6.07, 6.45) is -0.166. The number of anilines is 2. The average Bonchev–Trinajstić information content (AvgIpc) is 2.84. The molecule has 1 aromatic carbocycles. The number of nitrogens with two attached hydrogens (primary N) is 1. The first kappa shape index (κ1) is 13.6. The van der Waals surface area contributed by atoms with E-state index in [0.717, 1.165) is 16.9 Å². The zero-order chi connectivity index (χ0) is 15.1. The van der Waals surface area contributed by atoms with Crippen LogP contribution in [0.5, 0.6) is 0 Å². The smallest absolute Gasteiger partial charge is 0.303 e. The van der Waals surface area contributed by atoms with Crippen LogP contribution >= 0.6 is 0 Å². The van der Waals surface area contributed by atoms with Crippen molar-refractivity contribution in [2.45, 2.75) is 32.0 Å². The van der Waals surface area contributed by atoms with Crippen molar-refractivity contribution >= 4 is 23.3 Å². The van der Waals surface area contributed by atoms with Gasteiger partial charge >= 0.3 is 5.97 Å². The first-order valence-electron chi connectivity index (χ1n) is 6.87. The molecule has 6 nitrogen and oxygen atoms in total. The molecule has 21 heavy (non-hydrogen) atoms. The fourth-order valence-corrected chi connectivity index (χ4v) is 2.95. The predicted octanol–water partition coefficient (Wildman–Crippen LogP) is 1.29. The van der Waals surface area contributed by atoms with Gasteiger partial charge in [0.25, 0.3) is 5.91 Å². The van der Waals surface area contributed by atoms with Gasteiger partial charge in [-0.2, -0.15) is 0 Å². The highest BCUT2D eigenvalue weighted by atomic mass is 16.4. The summed E-state index contributed by atoms with van der Waals surface area (Å²) in [6.45, 7) is 1.81. The Labute approximate surface area is 122 Å². The van der Waals surface area contributed by atoms with Gasteiger partial charge in [-0.3, -0.25) is 14.5 Å². The second-order valence-electron chi connectivity index (χ2n) is 5.36. The van der Waals surface area contributed by atoms with Crippen LogP contribution in [-0.4, -0.2) is 29.2 Å². The molecule has 2 aliphatic heterocycles. The lowest BCUT2D eigenvalue weighted by atomic mass is 9.91. The van der Waals surface area contributed by atoms with E-state index in [1.54, 1.807) is 4.90 Å². The van der Waals surface area contributed by atoms with Crippen LogP contribution in [0.1, 0.15) is 19.8 Å². The molecule has 2 unspecified atom stereocenters. The van der Waals surface area contributed by atoms with E-state index in [4.69, 9.17) is 10.8 Å². The number of carboxylic acid groups (broad SMARTS) is 1. The molecule has 0 radical (unpaired) electrons. The highest BCUT2D eigenvalue weighted by Gasteiger charge is 2.43. The molecule has 0 bridgehead atoms. The Bertz CT molecular complexity index is 653. The number of fused-ring (bicyclic) bond motifs is 3. The van der Waals surface area contributed by atoms with Crippen molar-refractivity contribution in [3.63, 3.8) is 0 Å². The molecule has 0 spiro atoms. The fourth-order valence-electron chi connectivity index (χ4n) is 2.95. The third-order valence-electron chi connectivity index (χ3n) is 4.13. The fraction of sp³-hybridized carbons (Fsp3) is 0.333. The maximum Gasteiger partial charge on any atom is 0.303 e. The molecule has 0 saturated carbocycles. The Kier molecular flexibility index (Phi) is 3.17. The van der Waals surface area contributed by atoms with Gasteiger partial charge in [-0.25, -0.2) is 0 Å². The molecule has 0 aliphatic carbocycles. The highest BCUT2D eigenvalue weighted by molar-refractivity contribution is 6.11. The molecular formula is C15H17N3O3. The maximum atomic E-state index is 12.7. The van der Waals surface area contributed by atoms with Crippen molar-refractivity contribution in [3.05, 3.63) is 35.4 Å². The number of rotatable bonds is 3. The van der Waals surface area contributed by atoms with E-state index in [0.29, 0.717) is 5.57 Å². The normalized spacial score (nSPS) is 23.7. The number of nitrogens with one attached hydrogen (secondary N) is 1. The second-order valence-corrected chi connectivity index (χ2v) is 5.36. The largest absolute Gasteiger partial charge is 0.481 e. The molecular weight excluding hydrogens is 270 g/mol. The first-order chi connectivity index (χ1) is 10.0. The van der Waals surface area contributed by atoms with Crippen molar-refractivity contribution in [1.82, 2.24) is 0 Å². The molecule has 2 heterocycles. The van der Waals surface area contributed by atoms with E-state index in [1.165, 1.54) is 0 Å². The van der Waals surface area contributed by atoms with Crippen molar-refractivity contribution in [2.24, 2.45) is 5.73 Å². The van der Waals surface area contributed by atoms with Crippen LogP contribution in [0.25, 0.3) is 0 Å². The summed E-state index contributed by atoms with van der Waals surface area (Å²) in [5.41, 5.74) is 9.19. The van der Waals surface area contributed by atoms with Crippen LogP contribution < -0.4 is 16.0 Å². The lowest BCUT2D eigenvalue weighted by molar-refractivity contribution is -0.136. The summed E-state index contributed by atoms with van der Waals surface area (Å²) in [4.78, 5) is 25.1. The summed E-state index contributed by atoms with van der Waals surface area (Å²) in [7, 11) is 0. The predicted molar refractivity (Wildman–Crippen MR) is 78.9 cm³/mol. The summed E-state index contributed by atoms with van der Waals surface area (Å²) in [6, 6.07) is 7.18. The number of nitrogens with zero attached hydrogens (tertiary/aromatic N) is 1. The second kappa shape index (κ2) is 4.89. The van der Waals surface area contributed by atoms with Crippen molar-refractivity contribution in [3.8, 4) is 0 Å².